The minimum absolute atomic E-state index is 0.326. The van der Waals surface area contributed by atoms with Crippen molar-refractivity contribution in [2.45, 2.75) is 26.2 Å². The van der Waals surface area contributed by atoms with Gasteiger partial charge in [0.15, 0.2) is 0 Å². The molecule has 5 nitrogen and oxygen atoms in total. The molecule has 0 aliphatic heterocycles. The lowest BCUT2D eigenvalue weighted by Gasteiger charge is -2.02. The summed E-state index contributed by atoms with van der Waals surface area (Å²) in [6.07, 6.45) is 2.09. The molecule has 0 aliphatic carbocycles. The molecule has 0 saturated heterocycles. The third kappa shape index (κ3) is 6.85. The van der Waals surface area contributed by atoms with Crippen LogP contribution in [0.5, 0.6) is 0 Å². The quantitative estimate of drug-likeness (QED) is 0.623. The lowest BCUT2D eigenvalue weighted by molar-refractivity contribution is 0.145. The van der Waals surface area contributed by atoms with E-state index in [0.29, 0.717) is 6.61 Å². The molecule has 0 aromatic carbocycles. The maximum atomic E-state index is 10.6. The molecule has 5 heteroatoms. The number of unbranched alkanes of at least 4 members (excludes halogenated alkanes) is 2. The van der Waals surface area contributed by atoms with Crippen LogP contribution in [0.25, 0.3) is 0 Å². The standard InChI is InChI=1S/C7H14N2O3/c1-2-3-4-5-12-7(11)9-6(8)10/h2-5H2,1H3,(H3,8,9,10,11). The van der Waals surface area contributed by atoms with Gasteiger partial charge in [0.25, 0.3) is 0 Å². The van der Waals surface area contributed by atoms with Crippen molar-refractivity contribution < 1.29 is 14.3 Å². The zero-order valence-corrected chi connectivity index (χ0v) is 7.13. The van der Waals surface area contributed by atoms with Gasteiger partial charge in [0, 0.05) is 0 Å². The average molecular weight is 174 g/mol. The highest BCUT2D eigenvalue weighted by Crippen LogP contribution is 1.93. The second-order valence-electron chi connectivity index (χ2n) is 2.33. The molecule has 0 atom stereocenters. The zero-order chi connectivity index (χ0) is 9.40. The number of hydrogen-bond donors (Lipinski definition) is 2. The van der Waals surface area contributed by atoms with Gasteiger partial charge in [-0.05, 0) is 6.42 Å². The molecule has 0 aromatic rings. The Morgan fingerprint density at radius 3 is 2.58 bits per heavy atom. The van der Waals surface area contributed by atoms with Crippen molar-refractivity contribution in [2.24, 2.45) is 5.73 Å². The van der Waals surface area contributed by atoms with Gasteiger partial charge in [0.05, 0.1) is 6.61 Å². The number of nitrogens with two attached hydrogens (primary N) is 1. The highest BCUT2D eigenvalue weighted by atomic mass is 16.5. The summed E-state index contributed by atoms with van der Waals surface area (Å²) in [4.78, 5) is 20.7. The number of hydrogen-bond acceptors (Lipinski definition) is 3. The summed E-state index contributed by atoms with van der Waals surface area (Å²) in [5.41, 5.74) is 4.67. The summed E-state index contributed by atoms with van der Waals surface area (Å²) < 4.78 is 4.60. The van der Waals surface area contributed by atoms with Gasteiger partial charge in [-0.15, -0.1) is 0 Å². The number of carbonyl (C=O) groups excluding carboxylic acids is 2. The van der Waals surface area contributed by atoms with Crippen molar-refractivity contribution in [3.63, 3.8) is 0 Å². The third-order valence-electron chi connectivity index (χ3n) is 1.21. The molecule has 0 aromatic heterocycles. The average Bonchev–Trinajstić information content (AvgIpc) is 1.97. The van der Waals surface area contributed by atoms with E-state index in [2.05, 4.69) is 10.5 Å². The second-order valence-corrected chi connectivity index (χ2v) is 2.33. The number of imide groups is 1. The van der Waals surface area contributed by atoms with Gasteiger partial charge in [0.2, 0.25) is 0 Å². The largest absolute Gasteiger partial charge is 0.449 e. The fraction of sp³-hybridized carbons (Fsp3) is 0.714. The van der Waals surface area contributed by atoms with Crippen LogP contribution < -0.4 is 11.1 Å². The van der Waals surface area contributed by atoms with Crippen molar-refractivity contribution in [1.29, 1.82) is 0 Å². The maximum Gasteiger partial charge on any atom is 0.415 e. The number of alkyl carbamates (subject to hydrolysis) is 1. The Morgan fingerprint density at radius 1 is 1.42 bits per heavy atom. The van der Waals surface area contributed by atoms with E-state index in [4.69, 9.17) is 0 Å². The first-order valence-corrected chi connectivity index (χ1v) is 3.90. The Kier molecular flexibility index (Phi) is 5.77. The monoisotopic (exact) mass is 174 g/mol. The smallest absolute Gasteiger partial charge is 0.415 e. The van der Waals surface area contributed by atoms with Crippen LogP contribution in [0.2, 0.25) is 0 Å². The van der Waals surface area contributed by atoms with E-state index in [-0.39, 0.29) is 0 Å². The van der Waals surface area contributed by atoms with E-state index in [1.807, 2.05) is 6.92 Å². The fourth-order valence-corrected chi connectivity index (χ4v) is 0.654. The normalized spacial score (nSPS) is 9.08. The Balaban J connectivity index is 3.26. The Labute approximate surface area is 71.3 Å². The SMILES string of the molecule is CCCCCOC(=O)NC(N)=O. The molecule has 0 heterocycles. The zero-order valence-electron chi connectivity index (χ0n) is 7.13. The molecule has 0 fully saturated rings. The number of carbonyl (C=O) groups is 2. The molecule has 70 valence electrons. The number of ether oxygens (including phenoxy) is 1. The van der Waals surface area contributed by atoms with Crippen LogP contribution in [0.4, 0.5) is 9.59 Å². The van der Waals surface area contributed by atoms with Crippen LogP contribution in [0.15, 0.2) is 0 Å². The maximum absolute atomic E-state index is 10.6. The van der Waals surface area contributed by atoms with Crippen molar-refractivity contribution in [1.82, 2.24) is 5.32 Å². The van der Waals surface area contributed by atoms with Crippen molar-refractivity contribution in [3.8, 4) is 0 Å². The first-order valence-electron chi connectivity index (χ1n) is 3.90. The van der Waals surface area contributed by atoms with Gasteiger partial charge < -0.3 is 10.5 Å². The van der Waals surface area contributed by atoms with Gasteiger partial charge in [0.1, 0.15) is 0 Å². The third-order valence-corrected chi connectivity index (χ3v) is 1.21. The van der Waals surface area contributed by atoms with Gasteiger partial charge >= 0.3 is 12.1 Å². The number of rotatable bonds is 4. The van der Waals surface area contributed by atoms with Crippen LogP contribution in [-0.2, 0) is 4.74 Å². The predicted molar refractivity (Wildman–Crippen MR) is 43.6 cm³/mol. The van der Waals surface area contributed by atoms with Crippen molar-refractivity contribution in [3.05, 3.63) is 0 Å². The van der Waals surface area contributed by atoms with Gasteiger partial charge in [-0.25, -0.2) is 14.9 Å². The molecule has 3 amide bonds. The molecule has 0 aliphatic rings. The van der Waals surface area contributed by atoms with E-state index in [1.165, 1.54) is 0 Å². The summed E-state index contributed by atoms with van der Waals surface area (Å²) in [5, 5.41) is 1.80. The van der Waals surface area contributed by atoms with Crippen molar-refractivity contribution >= 4 is 12.1 Å². The minimum Gasteiger partial charge on any atom is -0.449 e. The first kappa shape index (κ1) is 10.7. The molecule has 0 spiro atoms. The van der Waals surface area contributed by atoms with Crippen LogP contribution >= 0.6 is 0 Å². The molecule has 0 saturated carbocycles. The molecule has 0 radical (unpaired) electrons. The van der Waals surface area contributed by atoms with E-state index in [9.17, 15) is 9.59 Å². The fourth-order valence-electron chi connectivity index (χ4n) is 0.654. The number of primary amides is 1. The topological polar surface area (TPSA) is 81.4 Å². The van der Waals surface area contributed by atoms with Gasteiger partial charge in [-0.2, -0.15) is 0 Å². The Hall–Kier alpha value is -1.26. The Bertz CT molecular complexity index is 159. The molecular formula is C7H14N2O3. The van der Waals surface area contributed by atoms with E-state index < -0.39 is 12.1 Å². The van der Waals surface area contributed by atoms with E-state index in [0.717, 1.165) is 19.3 Å². The summed E-state index contributed by atoms with van der Waals surface area (Å²) in [6, 6.07) is -0.893. The summed E-state index contributed by atoms with van der Waals surface area (Å²) in [6.45, 7) is 2.37. The number of urea groups is 1. The first-order chi connectivity index (χ1) is 5.66. The highest BCUT2D eigenvalue weighted by Gasteiger charge is 2.02. The summed E-state index contributed by atoms with van der Waals surface area (Å²) >= 11 is 0. The minimum atomic E-state index is -0.893. The molecule has 3 N–H and O–H groups in total. The van der Waals surface area contributed by atoms with Crippen LogP contribution in [-0.4, -0.2) is 18.7 Å². The number of amides is 3. The van der Waals surface area contributed by atoms with Gasteiger partial charge in [-0.1, -0.05) is 19.8 Å². The van der Waals surface area contributed by atoms with Crippen LogP contribution in [0.3, 0.4) is 0 Å². The number of nitrogens with one attached hydrogen (secondary N) is 1. The Morgan fingerprint density at radius 2 is 2.08 bits per heavy atom. The lowest BCUT2D eigenvalue weighted by Crippen LogP contribution is -2.35. The molecule has 0 unspecified atom stereocenters. The molecule has 0 rings (SSSR count). The van der Waals surface area contributed by atoms with Crippen LogP contribution in [0.1, 0.15) is 26.2 Å². The van der Waals surface area contributed by atoms with Gasteiger partial charge in [-0.3, -0.25) is 0 Å². The molecular weight excluding hydrogens is 160 g/mol. The summed E-state index contributed by atoms with van der Waals surface area (Å²) in [5.74, 6) is 0. The van der Waals surface area contributed by atoms with Crippen molar-refractivity contribution in [2.75, 3.05) is 6.61 Å². The van der Waals surface area contributed by atoms with E-state index in [1.54, 1.807) is 5.32 Å². The lowest BCUT2D eigenvalue weighted by atomic mass is 10.3. The van der Waals surface area contributed by atoms with Crippen LogP contribution in [0, 0.1) is 0 Å². The molecule has 12 heavy (non-hydrogen) atoms. The highest BCUT2D eigenvalue weighted by molar-refractivity contribution is 5.89. The summed E-state index contributed by atoms with van der Waals surface area (Å²) in [7, 11) is 0. The second kappa shape index (κ2) is 6.45. The van der Waals surface area contributed by atoms with E-state index >= 15 is 0 Å². The molecule has 0 bridgehead atoms. The predicted octanol–water partition coefficient (Wildman–Crippen LogP) is 0.982.